The monoisotopic (exact) mass is 436 g/mol. The molecule has 1 aliphatic carbocycles. The van der Waals surface area contributed by atoms with E-state index in [-0.39, 0.29) is 17.7 Å². The van der Waals surface area contributed by atoms with Gasteiger partial charge in [0, 0.05) is 23.6 Å². The number of nitrogens with one attached hydrogen (secondary N) is 2. The minimum atomic E-state index is -0.313. The van der Waals surface area contributed by atoms with E-state index in [1.807, 2.05) is 13.8 Å². The van der Waals surface area contributed by atoms with Crippen molar-refractivity contribution in [3.8, 4) is 17.2 Å². The number of hydrogen-bond acceptors (Lipinski definition) is 7. The van der Waals surface area contributed by atoms with Gasteiger partial charge in [-0.05, 0) is 61.4 Å². The van der Waals surface area contributed by atoms with Crippen molar-refractivity contribution in [3.63, 3.8) is 0 Å². The Morgan fingerprint density at radius 3 is 2.16 bits per heavy atom. The molecule has 2 N–H and O–H groups in total. The molecule has 0 aliphatic heterocycles. The molecule has 32 heavy (non-hydrogen) atoms. The minimum absolute atomic E-state index is 0.0344. The van der Waals surface area contributed by atoms with Crippen molar-refractivity contribution in [2.75, 3.05) is 23.8 Å². The SMILES string of the molecule is CCOc1cc(NC(=O)C2CC2)c(OCC)cc1NC(=O)c1ccc(-n2cnnn2)cc1. The Kier molecular flexibility index (Phi) is 6.29. The van der Waals surface area contributed by atoms with Gasteiger partial charge in [0.05, 0.1) is 30.3 Å². The average Bonchev–Trinajstić information content (AvgIpc) is 3.51. The van der Waals surface area contributed by atoms with Crippen molar-refractivity contribution in [1.29, 1.82) is 0 Å². The molecule has 1 saturated carbocycles. The third-order valence-electron chi connectivity index (χ3n) is 4.88. The zero-order valence-electron chi connectivity index (χ0n) is 17.9. The van der Waals surface area contributed by atoms with Gasteiger partial charge in [0.25, 0.3) is 5.91 Å². The third kappa shape index (κ3) is 4.85. The topological polar surface area (TPSA) is 120 Å². The number of hydrogen-bond donors (Lipinski definition) is 2. The van der Waals surface area contributed by atoms with Gasteiger partial charge in [0.1, 0.15) is 17.8 Å². The van der Waals surface area contributed by atoms with Crippen molar-refractivity contribution in [3.05, 3.63) is 48.3 Å². The van der Waals surface area contributed by atoms with Gasteiger partial charge in [-0.25, -0.2) is 4.68 Å². The van der Waals surface area contributed by atoms with Crippen LogP contribution in [0.1, 0.15) is 37.0 Å². The largest absolute Gasteiger partial charge is 0.492 e. The van der Waals surface area contributed by atoms with Gasteiger partial charge < -0.3 is 20.1 Å². The summed E-state index contributed by atoms with van der Waals surface area (Å²) in [4.78, 5) is 25.1. The molecule has 0 spiro atoms. The lowest BCUT2D eigenvalue weighted by Gasteiger charge is -2.18. The quantitative estimate of drug-likeness (QED) is 0.529. The van der Waals surface area contributed by atoms with Gasteiger partial charge in [-0.15, -0.1) is 5.10 Å². The predicted octanol–water partition coefficient (Wildman–Crippen LogP) is 3.06. The minimum Gasteiger partial charge on any atom is -0.492 e. The van der Waals surface area contributed by atoms with E-state index in [0.29, 0.717) is 41.7 Å². The molecule has 1 heterocycles. The van der Waals surface area contributed by atoms with E-state index in [2.05, 4.69) is 26.2 Å². The predicted molar refractivity (Wildman–Crippen MR) is 117 cm³/mol. The molecule has 2 aromatic carbocycles. The number of rotatable bonds is 9. The maximum atomic E-state index is 12.9. The first-order valence-electron chi connectivity index (χ1n) is 10.5. The second-order valence-corrected chi connectivity index (χ2v) is 7.23. The van der Waals surface area contributed by atoms with Crippen LogP contribution in [-0.2, 0) is 4.79 Å². The number of aromatic nitrogens is 4. The van der Waals surface area contributed by atoms with Crippen LogP contribution in [0, 0.1) is 5.92 Å². The number of carbonyl (C=O) groups excluding carboxylic acids is 2. The van der Waals surface area contributed by atoms with Crippen LogP contribution in [0.2, 0.25) is 0 Å². The van der Waals surface area contributed by atoms with Crippen LogP contribution in [0.3, 0.4) is 0 Å². The smallest absolute Gasteiger partial charge is 0.255 e. The second kappa shape index (κ2) is 9.46. The summed E-state index contributed by atoms with van der Waals surface area (Å²) >= 11 is 0. The highest BCUT2D eigenvalue weighted by Gasteiger charge is 2.30. The highest BCUT2D eigenvalue weighted by Crippen LogP contribution is 2.39. The van der Waals surface area contributed by atoms with E-state index in [1.54, 1.807) is 36.4 Å². The lowest BCUT2D eigenvalue weighted by molar-refractivity contribution is -0.117. The van der Waals surface area contributed by atoms with Crippen molar-refractivity contribution < 1.29 is 19.1 Å². The van der Waals surface area contributed by atoms with Gasteiger partial charge in [0.2, 0.25) is 5.91 Å². The number of anilines is 2. The first-order chi connectivity index (χ1) is 15.6. The van der Waals surface area contributed by atoms with Gasteiger partial charge in [0.15, 0.2) is 0 Å². The Balaban J connectivity index is 1.57. The summed E-state index contributed by atoms with van der Waals surface area (Å²) in [7, 11) is 0. The van der Waals surface area contributed by atoms with Gasteiger partial charge in [-0.1, -0.05) is 0 Å². The molecule has 1 aromatic heterocycles. The number of tetrazole rings is 1. The summed E-state index contributed by atoms with van der Waals surface area (Å²) in [6, 6.07) is 10.2. The molecular formula is C22H24N6O4. The molecule has 4 rings (SSSR count). The number of nitrogens with zero attached hydrogens (tertiary/aromatic N) is 4. The normalized spacial score (nSPS) is 12.8. The van der Waals surface area contributed by atoms with Crippen LogP contribution >= 0.6 is 0 Å². The van der Waals surface area contributed by atoms with E-state index < -0.39 is 0 Å². The Bertz CT molecular complexity index is 1090. The summed E-state index contributed by atoms with van der Waals surface area (Å²) < 4.78 is 12.9. The van der Waals surface area contributed by atoms with Gasteiger partial charge in [-0.3, -0.25) is 9.59 Å². The maximum absolute atomic E-state index is 12.9. The molecule has 0 atom stereocenters. The fourth-order valence-electron chi connectivity index (χ4n) is 3.13. The van der Waals surface area contributed by atoms with Crippen molar-refractivity contribution in [2.45, 2.75) is 26.7 Å². The Morgan fingerprint density at radius 1 is 1.00 bits per heavy atom. The van der Waals surface area contributed by atoms with Crippen LogP contribution in [0.15, 0.2) is 42.7 Å². The van der Waals surface area contributed by atoms with E-state index in [9.17, 15) is 9.59 Å². The summed E-state index contributed by atoms with van der Waals surface area (Å²) in [5.74, 6) is 0.616. The van der Waals surface area contributed by atoms with Crippen LogP contribution in [0.5, 0.6) is 11.5 Å². The Hall–Kier alpha value is -3.95. The molecule has 166 valence electrons. The van der Waals surface area contributed by atoms with Crippen LogP contribution in [-0.4, -0.2) is 45.2 Å². The fraction of sp³-hybridized carbons (Fsp3) is 0.318. The van der Waals surface area contributed by atoms with E-state index >= 15 is 0 Å². The van der Waals surface area contributed by atoms with E-state index in [0.717, 1.165) is 18.5 Å². The van der Waals surface area contributed by atoms with Gasteiger partial charge in [-0.2, -0.15) is 0 Å². The molecule has 0 unspecified atom stereocenters. The summed E-state index contributed by atoms with van der Waals surface area (Å²) in [6.45, 7) is 4.51. The molecule has 1 fully saturated rings. The molecule has 2 amide bonds. The highest BCUT2D eigenvalue weighted by molar-refractivity contribution is 6.06. The number of benzene rings is 2. The first-order valence-corrected chi connectivity index (χ1v) is 10.5. The summed E-state index contributed by atoms with van der Waals surface area (Å²) in [5.41, 5.74) is 2.16. The zero-order valence-corrected chi connectivity index (χ0v) is 17.9. The van der Waals surface area contributed by atoms with Crippen molar-refractivity contribution >= 4 is 23.2 Å². The molecule has 0 saturated heterocycles. The lowest BCUT2D eigenvalue weighted by Crippen LogP contribution is -2.16. The molecule has 0 bridgehead atoms. The third-order valence-corrected chi connectivity index (χ3v) is 4.88. The van der Waals surface area contributed by atoms with E-state index in [4.69, 9.17) is 9.47 Å². The molecule has 10 nitrogen and oxygen atoms in total. The molecule has 1 aliphatic rings. The summed E-state index contributed by atoms with van der Waals surface area (Å²) in [6.07, 6.45) is 3.27. The number of ether oxygens (including phenoxy) is 2. The zero-order chi connectivity index (χ0) is 22.5. The first kappa shape index (κ1) is 21.3. The molecule has 10 heteroatoms. The number of amides is 2. The standard InChI is InChI=1S/C22H24N6O4/c1-3-31-19-12-18(20(32-4-2)11-17(19)24-21(29)14-5-6-14)25-22(30)15-7-9-16(10-8-15)28-13-23-26-27-28/h7-14H,3-6H2,1-2H3,(H,24,29)(H,25,30). The highest BCUT2D eigenvalue weighted by atomic mass is 16.5. The number of carbonyl (C=O) groups is 2. The van der Waals surface area contributed by atoms with Crippen molar-refractivity contribution in [2.24, 2.45) is 5.92 Å². The molecule has 0 radical (unpaired) electrons. The fourth-order valence-corrected chi connectivity index (χ4v) is 3.13. The molecule has 3 aromatic rings. The Labute approximate surface area is 184 Å². The van der Waals surface area contributed by atoms with Crippen LogP contribution in [0.4, 0.5) is 11.4 Å². The second-order valence-electron chi connectivity index (χ2n) is 7.23. The maximum Gasteiger partial charge on any atom is 0.255 e. The summed E-state index contributed by atoms with van der Waals surface area (Å²) in [5, 5.41) is 16.8. The Morgan fingerprint density at radius 2 is 1.62 bits per heavy atom. The molecular weight excluding hydrogens is 412 g/mol. The van der Waals surface area contributed by atoms with Crippen LogP contribution < -0.4 is 20.1 Å². The van der Waals surface area contributed by atoms with Crippen LogP contribution in [0.25, 0.3) is 5.69 Å². The van der Waals surface area contributed by atoms with Crippen molar-refractivity contribution in [1.82, 2.24) is 20.2 Å². The van der Waals surface area contributed by atoms with E-state index in [1.165, 1.54) is 11.0 Å². The lowest BCUT2D eigenvalue weighted by atomic mass is 10.1. The average molecular weight is 436 g/mol. The van der Waals surface area contributed by atoms with Gasteiger partial charge >= 0.3 is 0 Å².